The lowest BCUT2D eigenvalue weighted by atomic mass is 9.66. The van der Waals surface area contributed by atoms with Gasteiger partial charge in [-0.05, 0) is 32.3 Å². The van der Waals surface area contributed by atoms with Gasteiger partial charge in [0.25, 0.3) is 0 Å². The summed E-state index contributed by atoms with van der Waals surface area (Å²) in [7, 11) is 0. The molecule has 82 valence electrons. The zero-order chi connectivity index (χ0) is 10.9. The third-order valence-electron chi connectivity index (χ3n) is 4.02. The molecule has 1 aromatic carbocycles. The number of rotatable bonds is 2. The maximum atomic E-state index is 6.41. The smallest absolute Gasteiger partial charge is 0.0195 e. The van der Waals surface area contributed by atoms with E-state index < -0.39 is 0 Å². The summed E-state index contributed by atoms with van der Waals surface area (Å²) in [5, 5.41) is 0. The fourth-order valence-corrected chi connectivity index (χ4v) is 3.04. The number of hydrogen-bond donors (Lipinski definition) is 1. The first-order valence-electron chi connectivity index (χ1n) is 5.91. The second kappa shape index (κ2) is 3.64. The summed E-state index contributed by atoms with van der Waals surface area (Å²) in [5.41, 5.74) is 7.92. The van der Waals surface area contributed by atoms with E-state index in [9.17, 15) is 0 Å². The molecule has 1 nitrogen and oxygen atoms in total. The van der Waals surface area contributed by atoms with Gasteiger partial charge in [-0.1, -0.05) is 43.2 Å². The van der Waals surface area contributed by atoms with Crippen molar-refractivity contribution < 1.29 is 0 Å². The maximum absolute atomic E-state index is 6.41. The molecule has 0 heterocycles. The van der Waals surface area contributed by atoms with Crippen LogP contribution in [0.2, 0.25) is 0 Å². The Morgan fingerprint density at radius 1 is 1.07 bits per heavy atom. The van der Waals surface area contributed by atoms with Gasteiger partial charge in [0, 0.05) is 11.0 Å². The van der Waals surface area contributed by atoms with Crippen LogP contribution in [0.25, 0.3) is 0 Å². The Bertz CT molecular complexity index is 315. The van der Waals surface area contributed by atoms with Crippen molar-refractivity contribution in [1.29, 1.82) is 0 Å². The van der Waals surface area contributed by atoms with Crippen molar-refractivity contribution >= 4 is 0 Å². The molecule has 0 aromatic heterocycles. The maximum Gasteiger partial charge on any atom is 0.0195 e. The van der Waals surface area contributed by atoms with Gasteiger partial charge in [0.05, 0.1) is 0 Å². The fraction of sp³-hybridized carbons (Fsp3) is 0.571. The first kappa shape index (κ1) is 10.7. The molecule has 1 fully saturated rings. The second-order valence-electron chi connectivity index (χ2n) is 5.38. The van der Waals surface area contributed by atoms with E-state index >= 15 is 0 Å². The van der Waals surface area contributed by atoms with Gasteiger partial charge >= 0.3 is 0 Å². The van der Waals surface area contributed by atoms with Gasteiger partial charge in [0.15, 0.2) is 0 Å². The lowest BCUT2D eigenvalue weighted by Crippen LogP contribution is -2.52. The van der Waals surface area contributed by atoms with Gasteiger partial charge in [0.2, 0.25) is 0 Å². The predicted octanol–water partition coefficient (Wildman–Crippen LogP) is 3.24. The Kier molecular flexibility index (Phi) is 2.59. The third kappa shape index (κ3) is 1.69. The van der Waals surface area contributed by atoms with Crippen LogP contribution in [0.5, 0.6) is 0 Å². The Morgan fingerprint density at radius 3 is 2.07 bits per heavy atom. The molecule has 0 bridgehead atoms. The Morgan fingerprint density at radius 2 is 1.60 bits per heavy atom. The van der Waals surface area contributed by atoms with Crippen LogP contribution in [0, 0.1) is 0 Å². The number of benzene rings is 1. The molecule has 1 saturated carbocycles. The van der Waals surface area contributed by atoms with Crippen LogP contribution in [-0.2, 0) is 5.41 Å². The largest absolute Gasteiger partial charge is 0.325 e. The molecule has 0 aliphatic heterocycles. The molecule has 2 rings (SSSR count). The highest BCUT2D eigenvalue weighted by Gasteiger charge is 2.45. The monoisotopic (exact) mass is 203 g/mol. The van der Waals surface area contributed by atoms with Gasteiger partial charge in [-0.2, -0.15) is 0 Å². The summed E-state index contributed by atoms with van der Waals surface area (Å²) >= 11 is 0. The van der Waals surface area contributed by atoms with E-state index in [1.807, 2.05) is 0 Å². The van der Waals surface area contributed by atoms with E-state index in [1.165, 1.54) is 31.2 Å². The molecule has 1 heteroatoms. The van der Waals surface area contributed by atoms with Gasteiger partial charge in [-0.3, -0.25) is 0 Å². The molecule has 0 unspecified atom stereocenters. The quantitative estimate of drug-likeness (QED) is 0.784. The van der Waals surface area contributed by atoms with Crippen molar-refractivity contribution in [2.45, 2.75) is 50.5 Å². The third-order valence-corrected chi connectivity index (χ3v) is 4.02. The summed E-state index contributed by atoms with van der Waals surface area (Å²) in [5.74, 6) is 0. The second-order valence-corrected chi connectivity index (χ2v) is 5.38. The first-order valence-corrected chi connectivity index (χ1v) is 5.91. The zero-order valence-corrected chi connectivity index (χ0v) is 9.79. The minimum atomic E-state index is -0.120. The zero-order valence-electron chi connectivity index (χ0n) is 9.79. The predicted molar refractivity (Wildman–Crippen MR) is 64.9 cm³/mol. The average molecular weight is 203 g/mol. The van der Waals surface area contributed by atoms with Crippen LogP contribution in [0.3, 0.4) is 0 Å². The average Bonchev–Trinajstić information content (AvgIpc) is 2.68. The van der Waals surface area contributed by atoms with Crippen LogP contribution in [0.15, 0.2) is 30.3 Å². The SMILES string of the molecule is CC(C)(N)C1(c2ccccc2)CCCC1. The number of hydrogen-bond acceptors (Lipinski definition) is 1. The van der Waals surface area contributed by atoms with Crippen LogP contribution in [0.4, 0.5) is 0 Å². The van der Waals surface area contributed by atoms with Gasteiger partial charge < -0.3 is 5.73 Å². The Hall–Kier alpha value is -0.820. The molecule has 0 spiro atoms. The van der Waals surface area contributed by atoms with Crippen molar-refractivity contribution in [3.05, 3.63) is 35.9 Å². The summed E-state index contributed by atoms with van der Waals surface area (Å²) < 4.78 is 0. The van der Waals surface area contributed by atoms with Crippen LogP contribution in [0.1, 0.15) is 45.1 Å². The van der Waals surface area contributed by atoms with Gasteiger partial charge in [-0.25, -0.2) is 0 Å². The van der Waals surface area contributed by atoms with Crippen LogP contribution in [-0.4, -0.2) is 5.54 Å². The molecule has 15 heavy (non-hydrogen) atoms. The highest BCUT2D eigenvalue weighted by atomic mass is 14.8. The molecule has 0 amide bonds. The Balaban J connectivity index is 2.44. The molecule has 0 radical (unpaired) electrons. The standard InChI is InChI=1S/C14H21N/c1-13(2,15)14(10-6-7-11-14)12-8-4-3-5-9-12/h3-5,8-9H,6-7,10-11,15H2,1-2H3. The topological polar surface area (TPSA) is 26.0 Å². The molecule has 1 aliphatic rings. The van der Waals surface area contributed by atoms with Crippen molar-refractivity contribution in [3.63, 3.8) is 0 Å². The molecule has 2 N–H and O–H groups in total. The van der Waals surface area contributed by atoms with E-state index in [4.69, 9.17) is 5.73 Å². The summed E-state index contributed by atoms with van der Waals surface area (Å²) in [6, 6.07) is 10.8. The van der Waals surface area contributed by atoms with Crippen molar-refractivity contribution in [1.82, 2.24) is 0 Å². The molecule has 0 saturated heterocycles. The molecule has 0 atom stereocenters. The van der Waals surface area contributed by atoms with E-state index in [1.54, 1.807) is 0 Å². The molecular formula is C14H21N. The fourth-order valence-electron chi connectivity index (χ4n) is 3.04. The van der Waals surface area contributed by atoms with Crippen LogP contribution < -0.4 is 5.73 Å². The minimum Gasteiger partial charge on any atom is -0.325 e. The Labute approximate surface area is 92.7 Å². The van der Waals surface area contributed by atoms with Gasteiger partial charge in [0.1, 0.15) is 0 Å². The minimum absolute atomic E-state index is 0.120. The van der Waals surface area contributed by atoms with Crippen molar-refractivity contribution in [3.8, 4) is 0 Å². The summed E-state index contributed by atoms with van der Waals surface area (Å²) in [4.78, 5) is 0. The van der Waals surface area contributed by atoms with Gasteiger partial charge in [-0.15, -0.1) is 0 Å². The van der Waals surface area contributed by atoms with E-state index in [0.717, 1.165) is 0 Å². The molecular weight excluding hydrogens is 182 g/mol. The van der Waals surface area contributed by atoms with E-state index in [0.29, 0.717) is 0 Å². The molecule has 1 aromatic rings. The normalized spacial score (nSPS) is 20.5. The summed E-state index contributed by atoms with van der Waals surface area (Å²) in [6.45, 7) is 4.34. The highest BCUT2D eigenvalue weighted by molar-refractivity contribution is 5.31. The lowest BCUT2D eigenvalue weighted by molar-refractivity contribution is 0.260. The summed E-state index contributed by atoms with van der Waals surface area (Å²) in [6.07, 6.45) is 5.10. The van der Waals surface area contributed by atoms with E-state index in [-0.39, 0.29) is 11.0 Å². The van der Waals surface area contributed by atoms with Crippen molar-refractivity contribution in [2.75, 3.05) is 0 Å². The lowest BCUT2D eigenvalue weighted by Gasteiger charge is -2.42. The van der Waals surface area contributed by atoms with E-state index in [2.05, 4.69) is 44.2 Å². The highest BCUT2D eigenvalue weighted by Crippen LogP contribution is 2.47. The molecule has 1 aliphatic carbocycles. The first-order chi connectivity index (χ1) is 7.06. The van der Waals surface area contributed by atoms with Crippen molar-refractivity contribution in [2.24, 2.45) is 5.73 Å². The number of nitrogens with two attached hydrogens (primary N) is 1. The van der Waals surface area contributed by atoms with Crippen LogP contribution >= 0.6 is 0 Å².